The molecule has 1 aromatic carbocycles. The minimum Gasteiger partial charge on any atom is -0.494 e. The highest BCUT2D eigenvalue weighted by atomic mass is 16.5. The lowest BCUT2D eigenvalue weighted by atomic mass is 10.0. The van der Waals surface area contributed by atoms with Gasteiger partial charge in [-0.05, 0) is 44.9 Å². The van der Waals surface area contributed by atoms with E-state index in [0.29, 0.717) is 36.6 Å². The van der Waals surface area contributed by atoms with E-state index in [1.807, 2.05) is 20.8 Å². The molecule has 0 radical (unpaired) electrons. The van der Waals surface area contributed by atoms with Crippen LogP contribution in [0, 0.1) is 11.3 Å². The number of hydrogen-bond donors (Lipinski definition) is 1. The van der Waals surface area contributed by atoms with Crippen LogP contribution in [0.2, 0.25) is 0 Å². The van der Waals surface area contributed by atoms with Gasteiger partial charge >= 0.3 is 0 Å². The Balaban J connectivity index is 2.93. The smallest absolute Gasteiger partial charge is 0.256 e. The average Bonchev–Trinajstić information content (AvgIpc) is 2.53. The molecule has 0 bridgehead atoms. The van der Waals surface area contributed by atoms with E-state index in [4.69, 9.17) is 9.47 Å². The summed E-state index contributed by atoms with van der Waals surface area (Å²) in [6.45, 7) is 8.54. The first-order valence-corrected chi connectivity index (χ1v) is 7.63. The summed E-state index contributed by atoms with van der Waals surface area (Å²) in [6, 6.07) is 7.15. The van der Waals surface area contributed by atoms with Gasteiger partial charge in [-0.3, -0.25) is 4.79 Å². The molecule has 0 aromatic heterocycles. The van der Waals surface area contributed by atoms with E-state index in [1.54, 1.807) is 25.1 Å². The number of rotatable bonds is 8. The molecule has 0 saturated heterocycles. The zero-order valence-corrected chi connectivity index (χ0v) is 13.7. The molecule has 1 atom stereocenters. The molecule has 5 nitrogen and oxygen atoms in total. The molecule has 1 aromatic rings. The molecule has 0 aliphatic heterocycles. The number of anilines is 1. The summed E-state index contributed by atoms with van der Waals surface area (Å²) >= 11 is 0. The number of nitrogens with one attached hydrogen (secondary N) is 1. The van der Waals surface area contributed by atoms with Gasteiger partial charge in [-0.15, -0.1) is 0 Å². The van der Waals surface area contributed by atoms with E-state index in [-0.39, 0.29) is 5.91 Å². The zero-order chi connectivity index (χ0) is 16.6. The topological polar surface area (TPSA) is 71.3 Å². The first-order valence-electron chi connectivity index (χ1n) is 7.63. The predicted octanol–water partition coefficient (Wildman–Crippen LogP) is 3.49. The number of nitrogens with zero attached hydrogens (tertiary/aromatic N) is 1. The predicted molar refractivity (Wildman–Crippen MR) is 85.9 cm³/mol. The Morgan fingerprint density at radius 1 is 1.36 bits per heavy atom. The molecule has 0 saturated carbocycles. The minimum absolute atomic E-state index is 0.254. The number of amides is 1. The molecule has 120 valence electrons. The first-order chi connectivity index (χ1) is 10.5. The van der Waals surface area contributed by atoms with Gasteiger partial charge in [0.1, 0.15) is 17.4 Å². The van der Waals surface area contributed by atoms with Gasteiger partial charge < -0.3 is 14.8 Å². The summed E-state index contributed by atoms with van der Waals surface area (Å²) in [5.41, 5.74) is -0.0635. The van der Waals surface area contributed by atoms with Gasteiger partial charge in [0.2, 0.25) is 0 Å². The lowest BCUT2D eigenvalue weighted by Gasteiger charge is -2.27. The lowest BCUT2D eigenvalue weighted by Crippen LogP contribution is -2.42. The van der Waals surface area contributed by atoms with Crippen molar-refractivity contribution in [1.29, 1.82) is 5.26 Å². The maximum absolute atomic E-state index is 12.4. The summed E-state index contributed by atoms with van der Waals surface area (Å²) in [5.74, 6) is 0.370. The number of hydrogen-bond acceptors (Lipinski definition) is 4. The van der Waals surface area contributed by atoms with Crippen molar-refractivity contribution in [3.63, 3.8) is 0 Å². The third-order valence-electron chi connectivity index (χ3n) is 3.45. The Morgan fingerprint density at radius 3 is 2.64 bits per heavy atom. The molecule has 0 fully saturated rings. The monoisotopic (exact) mass is 304 g/mol. The number of carbonyl (C=O) groups is 1. The Bertz CT molecular complexity index is 551. The Labute approximate surface area is 132 Å². The van der Waals surface area contributed by atoms with Crippen LogP contribution in [0.4, 0.5) is 5.69 Å². The molecule has 0 aliphatic carbocycles. The van der Waals surface area contributed by atoms with Gasteiger partial charge in [0, 0.05) is 6.61 Å². The Hall–Kier alpha value is -2.06. The van der Waals surface area contributed by atoms with Gasteiger partial charge in [-0.25, -0.2) is 0 Å². The van der Waals surface area contributed by atoms with Crippen molar-refractivity contribution in [2.45, 2.75) is 46.1 Å². The molecular formula is C17H24N2O3. The average molecular weight is 304 g/mol. The van der Waals surface area contributed by atoms with E-state index in [1.165, 1.54) is 0 Å². The molecule has 22 heavy (non-hydrogen) atoms. The SMILES string of the molecule is CCCOc1ccc(NC(=O)[C@](C)(CC)OCC)c(C#N)c1. The lowest BCUT2D eigenvalue weighted by molar-refractivity contribution is -0.139. The number of ether oxygens (including phenoxy) is 2. The molecule has 1 rings (SSSR count). The quantitative estimate of drug-likeness (QED) is 0.798. The van der Waals surface area contributed by atoms with Crippen molar-refractivity contribution in [3.8, 4) is 11.8 Å². The van der Waals surface area contributed by atoms with Crippen LogP contribution in [0.3, 0.4) is 0 Å². The number of carbonyl (C=O) groups excluding carboxylic acids is 1. The fourth-order valence-corrected chi connectivity index (χ4v) is 1.94. The van der Waals surface area contributed by atoms with E-state index in [9.17, 15) is 10.1 Å². The molecule has 0 aliphatic rings. The fourth-order valence-electron chi connectivity index (χ4n) is 1.94. The van der Waals surface area contributed by atoms with E-state index >= 15 is 0 Å². The van der Waals surface area contributed by atoms with E-state index in [2.05, 4.69) is 11.4 Å². The molecule has 1 N–H and O–H groups in total. The van der Waals surface area contributed by atoms with Crippen LogP contribution in [0.25, 0.3) is 0 Å². The summed E-state index contributed by atoms with van der Waals surface area (Å²) in [4.78, 5) is 12.4. The van der Waals surface area contributed by atoms with Gasteiger partial charge in [0.15, 0.2) is 0 Å². The highest BCUT2D eigenvalue weighted by Crippen LogP contribution is 2.24. The van der Waals surface area contributed by atoms with Crippen molar-refractivity contribution in [2.75, 3.05) is 18.5 Å². The van der Waals surface area contributed by atoms with Crippen molar-refractivity contribution in [3.05, 3.63) is 23.8 Å². The van der Waals surface area contributed by atoms with Gasteiger partial charge in [-0.2, -0.15) is 5.26 Å². The van der Waals surface area contributed by atoms with Crippen molar-refractivity contribution >= 4 is 11.6 Å². The second kappa shape index (κ2) is 8.40. The maximum atomic E-state index is 12.4. The van der Waals surface area contributed by atoms with Crippen LogP contribution in [-0.2, 0) is 9.53 Å². The minimum atomic E-state index is -0.904. The normalized spacial score (nSPS) is 13.0. The summed E-state index contributed by atoms with van der Waals surface area (Å²) in [5, 5.41) is 12.0. The van der Waals surface area contributed by atoms with Crippen LogP contribution in [0.1, 0.15) is 46.1 Å². The first kappa shape index (κ1) is 18.0. The Morgan fingerprint density at radius 2 is 2.09 bits per heavy atom. The van der Waals surface area contributed by atoms with Crippen molar-refractivity contribution < 1.29 is 14.3 Å². The highest BCUT2D eigenvalue weighted by Gasteiger charge is 2.32. The molecule has 1 amide bonds. The van der Waals surface area contributed by atoms with Crippen molar-refractivity contribution in [1.82, 2.24) is 0 Å². The number of nitriles is 1. The van der Waals surface area contributed by atoms with Crippen LogP contribution in [0.5, 0.6) is 5.75 Å². The Kier molecular flexibility index (Phi) is 6.87. The molecule has 5 heteroatoms. The standard InChI is InChI=1S/C17H24N2O3/c1-5-10-21-14-8-9-15(13(11-14)12-18)19-16(20)17(4,6-2)22-7-3/h8-9,11H,5-7,10H2,1-4H3,(H,19,20)/t17-/m0/s1. The van der Waals surface area contributed by atoms with Crippen LogP contribution < -0.4 is 10.1 Å². The van der Waals surface area contributed by atoms with E-state index < -0.39 is 5.60 Å². The maximum Gasteiger partial charge on any atom is 0.256 e. The summed E-state index contributed by atoms with van der Waals surface area (Å²) in [7, 11) is 0. The van der Waals surface area contributed by atoms with Gasteiger partial charge in [-0.1, -0.05) is 13.8 Å². The molecule has 0 unspecified atom stereocenters. The fraction of sp³-hybridized carbons (Fsp3) is 0.529. The highest BCUT2D eigenvalue weighted by molar-refractivity contribution is 5.98. The number of benzene rings is 1. The largest absolute Gasteiger partial charge is 0.494 e. The summed E-state index contributed by atoms with van der Waals surface area (Å²) in [6.07, 6.45) is 1.44. The van der Waals surface area contributed by atoms with Gasteiger partial charge in [0.25, 0.3) is 5.91 Å². The second-order valence-electron chi connectivity index (χ2n) is 5.14. The van der Waals surface area contributed by atoms with Crippen LogP contribution >= 0.6 is 0 Å². The third kappa shape index (κ3) is 4.47. The van der Waals surface area contributed by atoms with Crippen LogP contribution in [-0.4, -0.2) is 24.7 Å². The van der Waals surface area contributed by atoms with Crippen molar-refractivity contribution in [2.24, 2.45) is 0 Å². The second-order valence-corrected chi connectivity index (χ2v) is 5.14. The van der Waals surface area contributed by atoms with Crippen LogP contribution in [0.15, 0.2) is 18.2 Å². The molecular weight excluding hydrogens is 280 g/mol. The zero-order valence-electron chi connectivity index (χ0n) is 13.7. The third-order valence-corrected chi connectivity index (χ3v) is 3.45. The van der Waals surface area contributed by atoms with Gasteiger partial charge in [0.05, 0.1) is 17.9 Å². The molecule has 0 heterocycles. The summed E-state index contributed by atoms with van der Waals surface area (Å²) < 4.78 is 11.0. The molecule has 0 spiro atoms. The van der Waals surface area contributed by atoms with E-state index in [0.717, 1.165) is 6.42 Å².